The van der Waals surface area contributed by atoms with Crippen LogP contribution in [0.25, 0.3) is 0 Å². The highest BCUT2D eigenvalue weighted by molar-refractivity contribution is 5.75. The van der Waals surface area contributed by atoms with Gasteiger partial charge in [-0.15, -0.1) is 0 Å². The van der Waals surface area contributed by atoms with E-state index >= 15 is 0 Å². The number of amides is 1. The lowest BCUT2D eigenvalue weighted by Crippen LogP contribution is -2.43. The maximum Gasteiger partial charge on any atom is 0.250 e. The van der Waals surface area contributed by atoms with Crippen molar-refractivity contribution in [3.8, 4) is 0 Å². The van der Waals surface area contributed by atoms with Gasteiger partial charge in [0, 0.05) is 38.4 Å². The predicted octanol–water partition coefficient (Wildman–Crippen LogP) is 0.942. The molecular weight excluding hydrogens is 266 g/mol. The number of hydrogen-bond donors (Lipinski definition) is 1. The van der Waals surface area contributed by atoms with Crippen LogP contribution in [0.15, 0.2) is 29.2 Å². The predicted molar refractivity (Wildman–Crippen MR) is 83.1 cm³/mol. The molecule has 1 aliphatic heterocycles. The normalized spacial score (nSPS) is 23.0. The number of piperidine rings is 1. The molecule has 1 aromatic rings. The Labute approximate surface area is 126 Å². The highest BCUT2D eigenvalue weighted by Gasteiger charge is 2.21. The van der Waals surface area contributed by atoms with Gasteiger partial charge in [0.05, 0.1) is 0 Å². The lowest BCUT2D eigenvalue weighted by Gasteiger charge is -2.34. The summed E-state index contributed by atoms with van der Waals surface area (Å²) in [7, 11) is 0. The first-order valence-electron chi connectivity index (χ1n) is 7.69. The molecule has 21 heavy (non-hydrogen) atoms. The van der Waals surface area contributed by atoms with E-state index in [1.807, 2.05) is 0 Å². The minimum Gasteiger partial charge on any atom is -0.353 e. The van der Waals surface area contributed by atoms with E-state index in [-0.39, 0.29) is 18.0 Å². The molecule has 0 spiro atoms. The summed E-state index contributed by atoms with van der Waals surface area (Å²) in [6.07, 6.45) is 2.93. The molecule has 2 atom stereocenters. The fraction of sp³-hybridized carbons (Fsp3) is 0.625. The average molecular weight is 291 g/mol. The van der Waals surface area contributed by atoms with Gasteiger partial charge >= 0.3 is 0 Å². The summed E-state index contributed by atoms with van der Waals surface area (Å²) in [4.78, 5) is 25.8. The van der Waals surface area contributed by atoms with Crippen molar-refractivity contribution in [3.63, 3.8) is 0 Å². The summed E-state index contributed by atoms with van der Waals surface area (Å²) in [6.45, 7) is 8.39. The minimum absolute atomic E-state index is 0.0898. The first-order chi connectivity index (χ1) is 10.0. The van der Waals surface area contributed by atoms with E-state index in [4.69, 9.17) is 0 Å². The number of nitrogens with one attached hydrogen (secondary N) is 1. The quantitative estimate of drug-likeness (QED) is 0.878. The number of carbonyl (C=O) groups is 1. The average Bonchev–Trinajstić information content (AvgIpc) is 2.40. The lowest BCUT2D eigenvalue weighted by molar-refractivity contribution is -0.121. The van der Waals surface area contributed by atoms with Gasteiger partial charge in [-0.1, -0.05) is 19.9 Å². The number of rotatable bonds is 5. The van der Waals surface area contributed by atoms with Crippen LogP contribution in [0.1, 0.15) is 20.3 Å². The maximum atomic E-state index is 11.8. The fourth-order valence-corrected chi connectivity index (χ4v) is 3.13. The Balaban J connectivity index is 1.72. The lowest BCUT2D eigenvalue weighted by atomic mass is 9.92. The molecular formula is C16H25N3O2. The van der Waals surface area contributed by atoms with Crippen LogP contribution in [0.3, 0.4) is 0 Å². The molecule has 1 aromatic heterocycles. The van der Waals surface area contributed by atoms with Crippen LogP contribution >= 0.6 is 0 Å². The van der Waals surface area contributed by atoms with Gasteiger partial charge in [0.25, 0.3) is 5.56 Å². The van der Waals surface area contributed by atoms with E-state index in [0.717, 1.165) is 31.5 Å². The first kappa shape index (κ1) is 15.8. The molecule has 2 heterocycles. The smallest absolute Gasteiger partial charge is 0.250 e. The third-order valence-electron chi connectivity index (χ3n) is 3.91. The Kier molecular flexibility index (Phi) is 5.56. The fourth-order valence-electron chi connectivity index (χ4n) is 3.13. The maximum absolute atomic E-state index is 11.8. The molecule has 2 rings (SSSR count). The number of nitrogens with zero attached hydrogens (tertiary/aromatic N) is 2. The monoisotopic (exact) mass is 291 g/mol. The summed E-state index contributed by atoms with van der Waals surface area (Å²) in [5.41, 5.74) is -0.147. The summed E-state index contributed by atoms with van der Waals surface area (Å²) >= 11 is 0. The Hall–Kier alpha value is -1.62. The van der Waals surface area contributed by atoms with Gasteiger partial charge < -0.3 is 14.8 Å². The van der Waals surface area contributed by atoms with Crippen LogP contribution in [0.5, 0.6) is 0 Å². The number of hydrogen-bond acceptors (Lipinski definition) is 3. The SMILES string of the molecule is C[C@@H]1C[C@H](C)CN(CCNC(=O)Cn2ccccc2=O)C1. The number of aromatic nitrogens is 1. The van der Waals surface area contributed by atoms with Crippen LogP contribution < -0.4 is 10.9 Å². The van der Waals surface area contributed by atoms with Crippen molar-refractivity contribution in [2.75, 3.05) is 26.2 Å². The zero-order chi connectivity index (χ0) is 15.2. The molecule has 0 saturated carbocycles. The van der Waals surface area contributed by atoms with Crippen LogP contribution in [-0.4, -0.2) is 41.6 Å². The number of carbonyl (C=O) groups excluding carboxylic acids is 1. The van der Waals surface area contributed by atoms with Crippen molar-refractivity contribution < 1.29 is 4.79 Å². The molecule has 1 fully saturated rings. The Morgan fingerprint density at radius 3 is 2.67 bits per heavy atom. The number of likely N-dealkylation sites (tertiary alicyclic amines) is 1. The minimum atomic E-state index is -0.147. The summed E-state index contributed by atoms with van der Waals surface area (Å²) in [6, 6.07) is 4.89. The Morgan fingerprint density at radius 2 is 2.00 bits per heavy atom. The second-order valence-electron chi connectivity index (χ2n) is 6.22. The van der Waals surface area contributed by atoms with Gasteiger partial charge in [-0.25, -0.2) is 0 Å². The van der Waals surface area contributed by atoms with Gasteiger partial charge in [-0.2, -0.15) is 0 Å². The molecule has 1 aliphatic rings. The van der Waals surface area contributed by atoms with Crippen molar-refractivity contribution in [1.29, 1.82) is 0 Å². The number of pyridine rings is 1. The molecule has 1 N–H and O–H groups in total. The van der Waals surface area contributed by atoms with E-state index in [1.54, 1.807) is 18.3 Å². The molecule has 0 aromatic carbocycles. The van der Waals surface area contributed by atoms with Crippen LogP contribution in [0.2, 0.25) is 0 Å². The molecule has 5 nitrogen and oxygen atoms in total. The van der Waals surface area contributed by atoms with Gasteiger partial charge in [0.1, 0.15) is 6.54 Å². The van der Waals surface area contributed by atoms with Gasteiger partial charge in [-0.3, -0.25) is 9.59 Å². The molecule has 1 saturated heterocycles. The second-order valence-corrected chi connectivity index (χ2v) is 6.22. The molecule has 0 radical (unpaired) electrons. The van der Waals surface area contributed by atoms with Crippen molar-refractivity contribution in [2.24, 2.45) is 11.8 Å². The zero-order valence-electron chi connectivity index (χ0n) is 12.9. The highest BCUT2D eigenvalue weighted by Crippen LogP contribution is 2.20. The summed E-state index contributed by atoms with van der Waals surface area (Å²) in [5.74, 6) is 1.35. The Bertz CT molecular complexity index is 516. The standard InChI is InChI=1S/C16H25N3O2/c1-13-9-14(2)11-18(10-13)8-6-17-15(20)12-19-7-4-3-5-16(19)21/h3-5,7,13-14H,6,8-12H2,1-2H3,(H,17,20)/t13-,14+. The van der Waals surface area contributed by atoms with Crippen LogP contribution in [-0.2, 0) is 11.3 Å². The second kappa shape index (κ2) is 7.41. The third-order valence-corrected chi connectivity index (χ3v) is 3.91. The molecule has 5 heteroatoms. The van der Waals surface area contributed by atoms with E-state index in [2.05, 4.69) is 24.1 Å². The molecule has 1 amide bonds. The molecule has 0 bridgehead atoms. The van der Waals surface area contributed by atoms with E-state index in [9.17, 15) is 9.59 Å². The van der Waals surface area contributed by atoms with Crippen LogP contribution in [0, 0.1) is 11.8 Å². The molecule has 0 unspecified atom stereocenters. The zero-order valence-corrected chi connectivity index (χ0v) is 12.9. The van der Waals surface area contributed by atoms with Gasteiger partial charge in [-0.05, 0) is 24.3 Å². The molecule has 116 valence electrons. The van der Waals surface area contributed by atoms with E-state index in [1.165, 1.54) is 17.1 Å². The van der Waals surface area contributed by atoms with Crippen molar-refractivity contribution >= 4 is 5.91 Å². The van der Waals surface area contributed by atoms with Gasteiger partial charge in [0.15, 0.2) is 0 Å². The Morgan fingerprint density at radius 1 is 1.29 bits per heavy atom. The topological polar surface area (TPSA) is 54.3 Å². The van der Waals surface area contributed by atoms with E-state index < -0.39 is 0 Å². The highest BCUT2D eigenvalue weighted by atomic mass is 16.2. The first-order valence-corrected chi connectivity index (χ1v) is 7.69. The molecule has 0 aliphatic carbocycles. The largest absolute Gasteiger partial charge is 0.353 e. The van der Waals surface area contributed by atoms with Gasteiger partial charge in [0.2, 0.25) is 5.91 Å². The van der Waals surface area contributed by atoms with Crippen molar-refractivity contribution in [2.45, 2.75) is 26.8 Å². The summed E-state index contributed by atoms with van der Waals surface area (Å²) < 4.78 is 1.42. The third kappa shape index (κ3) is 5.01. The van der Waals surface area contributed by atoms with Crippen molar-refractivity contribution in [1.82, 2.24) is 14.8 Å². The van der Waals surface area contributed by atoms with Crippen molar-refractivity contribution in [3.05, 3.63) is 34.7 Å². The van der Waals surface area contributed by atoms with E-state index in [0.29, 0.717) is 6.54 Å². The summed E-state index contributed by atoms with van der Waals surface area (Å²) in [5, 5.41) is 2.90. The van der Waals surface area contributed by atoms with Crippen LogP contribution in [0.4, 0.5) is 0 Å².